The topological polar surface area (TPSA) is 66.8 Å². The van der Waals surface area contributed by atoms with E-state index in [9.17, 15) is 14.7 Å². The van der Waals surface area contributed by atoms with Crippen LogP contribution in [0.2, 0.25) is 0 Å². The van der Waals surface area contributed by atoms with Crippen molar-refractivity contribution in [3.05, 3.63) is 101 Å². The first-order chi connectivity index (χ1) is 16.7. The largest absolute Gasteiger partial charge is 0.507 e. The van der Waals surface area contributed by atoms with Crippen molar-refractivity contribution < 1.29 is 19.4 Å². The number of Topliss-reactive ketones (excluding diaryl/α,β-unsaturated/α-hetero) is 1. The SMILES string of the molecule is CCc1ccc(/C(O)=C2\C(=O)C(=O)N(c3ccc(C(C)(C)C)cc3)C2c2ccccc2OC)cc1. The third-order valence-corrected chi connectivity index (χ3v) is 6.53. The number of rotatable bonds is 5. The van der Waals surface area contributed by atoms with Crippen LogP contribution in [0.1, 0.15) is 56.0 Å². The average molecular weight is 470 g/mol. The van der Waals surface area contributed by atoms with Gasteiger partial charge in [0.05, 0.1) is 18.7 Å². The van der Waals surface area contributed by atoms with Crippen LogP contribution in [0.5, 0.6) is 5.75 Å². The molecule has 180 valence electrons. The Balaban J connectivity index is 1.92. The van der Waals surface area contributed by atoms with E-state index < -0.39 is 17.7 Å². The molecule has 5 heteroatoms. The number of carbonyl (C=O) groups is 2. The van der Waals surface area contributed by atoms with Gasteiger partial charge < -0.3 is 9.84 Å². The van der Waals surface area contributed by atoms with Crippen LogP contribution in [0, 0.1) is 0 Å². The highest BCUT2D eigenvalue weighted by Crippen LogP contribution is 2.45. The van der Waals surface area contributed by atoms with Crippen LogP contribution in [-0.2, 0) is 21.4 Å². The predicted molar refractivity (Wildman–Crippen MR) is 139 cm³/mol. The number of para-hydroxylation sites is 1. The summed E-state index contributed by atoms with van der Waals surface area (Å²) in [7, 11) is 1.55. The molecule has 1 aliphatic heterocycles. The normalized spacial score (nSPS) is 17.6. The van der Waals surface area contributed by atoms with Crippen molar-refractivity contribution in [3.63, 3.8) is 0 Å². The van der Waals surface area contributed by atoms with Crippen LogP contribution >= 0.6 is 0 Å². The number of aryl methyl sites for hydroxylation is 1. The van der Waals surface area contributed by atoms with Gasteiger partial charge >= 0.3 is 0 Å². The smallest absolute Gasteiger partial charge is 0.300 e. The van der Waals surface area contributed by atoms with Gasteiger partial charge in [0.15, 0.2) is 0 Å². The number of anilines is 1. The lowest BCUT2D eigenvalue weighted by atomic mass is 9.87. The molecule has 1 N–H and O–H groups in total. The maximum absolute atomic E-state index is 13.4. The fraction of sp³-hybridized carbons (Fsp3) is 0.267. The molecule has 0 radical (unpaired) electrons. The summed E-state index contributed by atoms with van der Waals surface area (Å²) in [6, 6.07) is 21.4. The second kappa shape index (κ2) is 9.41. The summed E-state index contributed by atoms with van der Waals surface area (Å²) in [5, 5.41) is 11.3. The number of aliphatic hydroxyl groups is 1. The Morgan fingerprint density at radius 2 is 1.57 bits per heavy atom. The van der Waals surface area contributed by atoms with Crippen molar-refractivity contribution in [2.24, 2.45) is 0 Å². The first-order valence-corrected chi connectivity index (χ1v) is 11.8. The number of hydrogen-bond donors (Lipinski definition) is 1. The summed E-state index contributed by atoms with van der Waals surface area (Å²) < 4.78 is 5.59. The van der Waals surface area contributed by atoms with Crippen LogP contribution in [0.15, 0.2) is 78.4 Å². The van der Waals surface area contributed by atoms with Gasteiger partial charge in [0.2, 0.25) is 0 Å². The second-order valence-corrected chi connectivity index (χ2v) is 9.76. The van der Waals surface area contributed by atoms with Gasteiger partial charge in [-0.2, -0.15) is 0 Å². The van der Waals surface area contributed by atoms with Crippen molar-refractivity contribution >= 4 is 23.1 Å². The highest BCUT2D eigenvalue weighted by Gasteiger charge is 2.47. The molecule has 1 aliphatic rings. The predicted octanol–water partition coefficient (Wildman–Crippen LogP) is 6.18. The van der Waals surface area contributed by atoms with Gasteiger partial charge in [-0.15, -0.1) is 0 Å². The quantitative estimate of drug-likeness (QED) is 0.275. The molecular weight excluding hydrogens is 438 g/mol. The first kappa shape index (κ1) is 24.3. The zero-order chi connectivity index (χ0) is 25.3. The Hall–Kier alpha value is -3.86. The average Bonchev–Trinajstić information content (AvgIpc) is 3.13. The Morgan fingerprint density at radius 3 is 2.14 bits per heavy atom. The van der Waals surface area contributed by atoms with Crippen LogP contribution in [0.4, 0.5) is 5.69 Å². The highest BCUT2D eigenvalue weighted by molar-refractivity contribution is 6.51. The van der Waals surface area contributed by atoms with Crippen LogP contribution in [-0.4, -0.2) is 23.9 Å². The number of aliphatic hydroxyl groups excluding tert-OH is 1. The number of amides is 1. The van der Waals surface area contributed by atoms with Crippen molar-refractivity contribution in [1.29, 1.82) is 0 Å². The summed E-state index contributed by atoms with van der Waals surface area (Å²) in [6.45, 7) is 8.40. The molecule has 3 aromatic carbocycles. The van der Waals surface area contributed by atoms with E-state index in [0.29, 0.717) is 22.6 Å². The van der Waals surface area contributed by atoms with Gasteiger partial charge in [0, 0.05) is 16.8 Å². The van der Waals surface area contributed by atoms with Crippen molar-refractivity contribution in [2.75, 3.05) is 12.0 Å². The zero-order valence-corrected chi connectivity index (χ0v) is 20.8. The van der Waals surface area contributed by atoms with E-state index in [4.69, 9.17) is 4.74 Å². The summed E-state index contributed by atoms with van der Waals surface area (Å²) in [6.07, 6.45) is 0.858. The Bertz CT molecular complexity index is 1280. The third kappa shape index (κ3) is 4.46. The summed E-state index contributed by atoms with van der Waals surface area (Å²) >= 11 is 0. The molecule has 1 fully saturated rings. The number of ether oxygens (including phenoxy) is 1. The second-order valence-electron chi connectivity index (χ2n) is 9.76. The van der Waals surface area contributed by atoms with Gasteiger partial charge in [0.25, 0.3) is 11.7 Å². The monoisotopic (exact) mass is 469 g/mol. The molecule has 5 nitrogen and oxygen atoms in total. The molecule has 1 atom stereocenters. The van der Waals surface area contributed by atoms with Crippen LogP contribution in [0.25, 0.3) is 5.76 Å². The highest BCUT2D eigenvalue weighted by atomic mass is 16.5. The van der Waals surface area contributed by atoms with Gasteiger partial charge in [-0.25, -0.2) is 0 Å². The van der Waals surface area contributed by atoms with Crippen molar-refractivity contribution in [2.45, 2.75) is 45.6 Å². The molecule has 0 aliphatic carbocycles. The fourth-order valence-corrected chi connectivity index (χ4v) is 4.46. The molecule has 0 spiro atoms. The Kier molecular flexibility index (Phi) is 6.53. The maximum Gasteiger partial charge on any atom is 0.300 e. The molecule has 1 unspecified atom stereocenters. The molecule has 4 rings (SSSR count). The molecule has 0 aromatic heterocycles. The van der Waals surface area contributed by atoms with E-state index in [0.717, 1.165) is 17.5 Å². The number of benzene rings is 3. The fourth-order valence-electron chi connectivity index (χ4n) is 4.46. The number of hydrogen-bond acceptors (Lipinski definition) is 4. The number of ketones is 1. The maximum atomic E-state index is 13.4. The van der Waals surface area contributed by atoms with E-state index in [2.05, 4.69) is 20.8 Å². The van der Waals surface area contributed by atoms with E-state index in [1.165, 1.54) is 4.90 Å². The van der Waals surface area contributed by atoms with E-state index >= 15 is 0 Å². The van der Waals surface area contributed by atoms with Crippen molar-refractivity contribution in [1.82, 2.24) is 0 Å². The van der Waals surface area contributed by atoms with Crippen molar-refractivity contribution in [3.8, 4) is 5.75 Å². The van der Waals surface area contributed by atoms with Gasteiger partial charge in [-0.3, -0.25) is 14.5 Å². The minimum atomic E-state index is -0.836. The van der Waals surface area contributed by atoms with Gasteiger partial charge in [0.1, 0.15) is 11.5 Å². The standard InChI is InChI=1S/C30H31NO4/c1-6-19-11-13-20(14-12-19)27(32)25-26(23-9-7-8-10-24(23)35-5)31(29(34)28(25)33)22-17-15-21(16-18-22)30(2,3)4/h7-18,26,32H,6H2,1-5H3/b27-25+. The number of nitrogens with zero attached hydrogens (tertiary/aromatic N) is 1. The molecule has 1 saturated heterocycles. The van der Waals surface area contributed by atoms with E-state index in [1.807, 2.05) is 61.5 Å². The number of carbonyl (C=O) groups excluding carboxylic acids is 2. The molecule has 0 saturated carbocycles. The molecule has 3 aromatic rings. The minimum absolute atomic E-state index is 0.0450. The Morgan fingerprint density at radius 1 is 0.943 bits per heavy atom. The zero-order valence-electron chi connectivity index (χ0n) is 20.8. The molecule has 1 heterocycles. The lowest BCUT2D eigenvalue weighted by molar-refractivity contribution is -0.132. The number of methoxy groups -OCH3 is 1. The molecular formula is C30H31NO4. The third-order valence-electron chi connectivity index (χ3n) is 6.53. The van der Waals surface area contributed by atoms with E-state index in [1.54, 1.807) is 25.3 Å². The van der Waals surface area contributed by atoms with E-state index in [-0.39, 0.29) is 16.7 Å². The first-order valence-electron chi connectivity index (χ1n) is 11.8. The lowest BCUT2D eigenvalue weighted by Crippen LogP contribution is -2.29. The van der Waals surface area contributed by atoms with Crippen LogP contribution in [0.3, 0.4) is 0 Å². The lowest BCUT2D eigenvalue weighted by Gasteiger charge is -2.27. The van der Waals surface area contributed by atoms with Crippen LogP contribution < -0.4 is 9.64 Å². The molecule has 1 amide bonds. The van der Waals surface area contributed by atoms with Gasteiger partial charge in [-0.1, -0.05) is 82.3 Å². The van der Waals surface area contributed by atoms with Gasteiger partial charge in [-0.05, 0) is 41.2 Å². The summed E-state index contributed by atoms with van der Waals surface area (Å²) in [4.78, 5) is 28.3. The minimum Gasteiger partial charge on any atom is -0.507 e. The molecule has 35 heavy (non-hydrogen) atoms. The summed E-state index contributed by atoms with van der Waals surface area (Å²) in [5.41, 5.74) is 3.91. The summed E-state index contributed by atoms with van der Waals surface area (Å²) in [5.74, 6) is -1.08. The molecule has 0 bridgehead atoms. The Labute approximate surface area is 206 Å².